The van der Waals surface area contributed by atoms with E-state index in [2.05, 4.69) is 0 Å². The van der Waals surface area contributed by atoms with E-state index >= 15 is 0 Å². The minimum Gasteiger partial charge on any atom is -0.489 e. The van der Waals surface area contributed by atoms with E-state index in [1.807, 2.05) is 6.92 Å². The lowest BCUT2D eigenvalue weighted by Gasteiger charge is -2.25. The second kappa shape index (κ2) is 10.6. The number of halogens is 1. The van der Waals surface area contributed by atoms with Gasteiger partial charge < -0.3 is 30.2 Å². The SMILES string of the molecule is C[C@@]1(N)COc2c1cc([C@](C)(O)CCC(=O)c1ccc(OCCO)c(OC3CC3)c1)nc2-c1ccc(F)cc1. The number of hydrogen-bond acceptors (Lipinski definition) is 8. The van der Waals surface area contributed by atoms with Crippen molar-refractivity contribution < 1.29 is 33.6 Å². The van der Waals surface area contributed by atoms with Crippen LogP contribution in [0.4, 0.5) is 4.39 Å². The van der Waals surface area contributed by atoms with Gasteiger partial charge in [-0.2, -0.15) is 0 Å². The summed E-state index contributed by atoms with van der Waals surface area (Å²) in [5, 5.41) is 20.6. The largest absolute Gasteiger partial charge is 0.489 e. The number of aromatic nitrogens is 1. The molecule has 2 atom stereocenters. The number of aliphatic hydroxyl groups is 2. The smallest absolute Gasteiger partial charge is 0.163 e. The normalized spacial score (nSPS) is 19.6. The Morgan fingerprint density at radius 3 is 2.64 bits per heavy atom. The van der Waals surface area contributed by atoms with Gasteiger partial charge in [-0.3, -0.25) is 4.79 Å². The highest BCUT2D eigenvalue weighted by molar-refractivity contribution is 5.96. The van der Waals surface area contributed by atoms with Crippen LogP contribution in [0.1, 0.15) is 61.1 Å². The van der Waals surface area contributed by atoms with Gasteiger partial charge in [0.15, 0.2) is 23.0 Å². The zero-order valence-electron chi connectivity index (χ0n) is 22.1. The summed E-state index contributed by atoms with van der Waals surface area (Å²) in [6.45, 7) is 3.68. The van der Waals surface area contributed by atoms with Crippen molar-refractivity contribution in [3.8, 4) is 28.5 Å². The first kappa shape index (κ1) is 27.1. The van der Waals surface area contributed by atoms with Gasteiger partial charge in [-0.1, -0.05) is 0 Å². The lowest BCUT2D eigenvalue weighted by atomic mass is 9.88. The molecule has 2 aromatic carbocycles. The zero-order valence-corrected chi connectivity index (χ0v) is 22.1. The molecule has 0 amide bonds. The van der Waals surface area contributed by atoms with E-state index in [0.717, 1.165) is 12.8 Å². The number of ketones is 1. The summed E-state index contributed by atoms with van der Waals surface area (Å²) in [6, 6.07) is 12.6. The van der Waals surface area contributed by atoms with Gasteiger partial charge in [0, 0.05) is 23.1 Å². The molecule has 1 aliphatic carbocycles. The summed E-state index contributed by atoms with van der Waals surface area (Å²) >= 11 is 0. The molecular weight excluding hydrogens is 503 g/mol. The lowest BCUT2D eigenvalue weighted by Crippen LogP contribution is -2.35. The third-order valence-electron chi connectivity index (χ3n) is 7.05. The third kappa shape index (κ3) is 5.90. The van der Waals surface area contributed by atoms with Crippen molar-refractivity contribution in [2.75, 3.05) is 19.8 Å². The standard InChI is InChI=1S/C30H33FN2O6/c1-29(32)17-38-28-22(29)16-26(33-27(28)18-3-6-20(31)7-4-18)30(2,36)12-11-23(35)19-5-10-24(37-14-13-34)25(15-19)39-21-8-9-21/h3-7,10,15-16,21,34,36H,8-9,11-14,17,32H2,1-2H3/t29-,30-/m1/s1. The topological polar surface area (TPSA) is 124 Å². The number of pyridine rings is 1. The predicted octanol–water partition coefficient (Wildman–Crippen LogP) is 4.24. The summed E-state index contributed by atoms with van der Waals surface area (Å²) in [4.78, 5) is 17.9. The number of rotatable bonds is 11. The number of carbonyl (C=O) groups excluding carboxylic acids is 1. The minimum atomic E-state index is -1.46. The fourth-order valence-electron chi connectivity index (χ4n) is 4.53. The average molecular weight is 537 g/mol. The van der Waals surface area contributed by atoms with Gasteiger partial charge in [0.2, 0.25) is 0 Å². The molecule has 4 N–H and O–H groups in total. The van der Waals surface area contributed by atoms with Gasteiger partial charge in [0.05, 0.1) is 23.9 Å². The van der Waals surface area contributed by atoms with Gasteiger partial charge in [-0.25, -0.2) is 9.37 Å². The van der Waals surface area contributed by atoms with Crippen LogP contribution in [-0.4, -0.2) is 46.9 Å². The molecule has 1 aliphatic heterocycles. The number of nitrogens with two attached hydrogens (primary N) is 1. The predicted molar refractivity (Wildman–Crippen MR) is 142 cm³/mol. The Labute approximate surface area is 226 Å². The van der Waals surface area contributed by atoms with Crippen LogP contribution in [0.3, 0.4) is 0 Å². The van der Waals surface area contributed by atoms with Crippen molar-refractivity contribution in [2.45, 2.75) is 56.8 Å². The number of aliphatic hydroxyl groups excluding tert-OH is 1. The van der Waals surface area contributed by atoms with Crippen LogP contribution in [0.15, 0.2) is 48.5 Å². The molecule has 39 heavy (non-hydrogen) atoms. The van der Waals surface area contributed by atoms with Crippen LogP contribution >= 0.6 is 0 Å². The molecule has 0 radical (unpaired) electrons. The molecular formula is C30H33FN2O6. The Morgan fingerprint density at radius 1 is 1.21 bits per heavy atom. The Kier molecular flexibility index (Phi) is 7.33. The number of benzene rings is 2. The van der Waals surface area contributed by atoms with Crippen molar-refractivity contribution in [1.82, 2.24) is 4.98 Å². The van der Waals surface area contributed by atoms with Gasteiger partial charge in [-0.15, -0.1) is 0 Å². The van der Waals surface area contributed by atoms with Crippen LogP contribution in [-0.2, 0) is 11.1 Å². The summed E-state index contributed by atoms with van der Waals surface area (Å²) in [5.74, 6) is 0.906. The fourth-order valence-corrected chi connectivity index (χ4v) is 4.53. The van der Waals surface area contributed by atoms with Crippen LogP contribution < -0.4 is 19.9 Å². The van der Waals surface area contributed by atoms with E-state index < -0.39 is 11.1 Å². The molecule has 0 unspecified atom stereocenters. The van der Waals surface area contributed by atoms with E-state index in [9.17, 15) is 14.3 Å². The summed E-state index contributed by atoms with van der Waals surface area (Å²) in [6.07, 6.45) is 2.14. The molecule has 206 valence electrons. The highest BCUT2D eigenvalue weighted by atomic mass is 19.1. The maximum absolute atomic E-state index is 13.6. The first-order valence-corrected chi connectivity index (χ1v) is 13.1. The zero-order chi connectivity index (χ0) is 27.8. The Bertz CT molecular complexity index is 1370. The number of ether oxygens (including phenoxy) is 3. The Morgan fingerprint density at radius 2 is 1.95 bits per heavy atom. The molecule has 0 bridgehead atoms. The van der Waals surface area contributed by atoms with Crippen molar-refractivity contribution in [2.24, 2.45) is 5.73 Å². The highest BCUT2D eigenvalue weighted by Crippen LogP contribution is 2.44. The van der Waals surface area contributed by atoms with E-state index in [1.54, 1.807) is 43.3 Å². The number of Topliss-reactive ketones (excluding diaryl/α,β-unsaturated/α-hetero) is 1. The number of carbonyl (C=O) groups is 1. The first-order chi connectivity index (χ1) is 18.6. The fraction of sp³-hybridized carbons (Fsp3) is 0.400. The van der Waals surface area contributed by atoms with E-state index in [0.29, 0.717) is 45.3 Å². The van der Waals surface area contributed by atoms with Crippen molar-refractivity contribution in [3.05, 3.63) is 71.2 Å². The number of hydrogen-bond donors (Lipinski definition) is 3. The molecule has 2 heterocycles. The van der Waals surface area contributed by atoms with Gasteiger partial charge in [0.1, 0.15) is 30.3 Å². The van der Waals surface area contributed by atoms with Crippen molar-refractivity contribution in [1.29, 1.82) is 0 Å². The quantitative estimate of drug-likeness (QED) is 0.311. The maximum Gasteiger partial charge on any atom is 0.163 e. The Hall–Kier alpha value is -3.53. The van der Waals surface area contributed by atoms with E-state index in [1.165, 1.54) is 12.1 Å². The molecule has 8 nitrogen and oxygen atoms in total. The van der Waals surface area contributed by atoms with Crippen LogP contribution in [0.5, 0.6) is 17.2 Å². The van der Waals surface area contributed by atoms with Crippen LogP contribution in [0, 0.1) is 5.82 Å². The van der Waals surface area contributed by atoms with Gasteiger partial charge in [-0.05, 0) is 81.6 Å². The second-order valence-corrected chi connectivity index (χ2v) is 10.7. The van der Waals surface area contributed by atoms with E-state index in [4.69, 9.17) is 30.0 Å². The molecule has 5 rings (SSSR count). The highest BCUT2D eigenvalue weighted by Gasteiger charge is 2.38. The molecule has 3 aromatic rings. The van der Waals surface area contributed by atoms with Gasteiger partial charge in [0.25, 0.3) is 0 Å². The summed E-state index contributed by atoms with van der Waals surface area (Å²) in [7, 11) is 0. The summed E-state index contributed by atoms with van der Waals surface area (Å²) < 4.78 is 30.9. The van der Waals surface area contributed by atoms with Gasteiger partial charge >= 0.3 is 0 Å². The molecule has 9 heteroatoms. The van der Waals surface area contributed by atoms with E-state index in [-0.39, 0.29) is 50.4 Å². The number of fused-ring (bicyclic) bond motifs is 1. The maximum atomic E-state index is 13.6. The Balaban J connectivity index is 1.39. The molecule has 0 spiro atoms. The van der Waals surface area contributed by atoms with Crippen molar-refractivity contribution >= 4 is 5.78 Å². The first-order valence-electron chi connectivity index (χ1n) is 13.1. The summed E-state index contributed by atoms with van der Waals surface area (Å²) in [5.41, 5.74) is 6.79. The van der Waals surface area contributed by atoms with Crippen molar-refractivity contribution in [3.63, 3.8) is 0 Å². The minimum absolute atomic E-state index is 0.0494. The number of nitrogens with zero attached hydrogens (tertiary/aromatic N) is 1. The second-order valence-electron chi connectivity index (χ2n) is 10.7. The molecule has 2 aliphatic rings. The molecule has 1 fully saturated rings. The monoisotopic (exact) mass is 536 g/mol. The molecule has 0 saturated heterocycles. The average Bonchev–Trinajstić information content (AvgIpc) is 3.68. The van der Waals surface area contributed by atoms with Crippen LogP contribution in [0.2, 0.25) is 0 Å². The molecule has 1 saturated carbocycles. The van der Waals surface area contributed by atoms with Crippen LogP contribution in [0.25, 0.3) is 11.3 Å². The third-order valence-corrected chi connectivity index (χ3v) is 7.05. The lowest BCUT2D eigenvalue weighted by molar-refractivity contribution is 0.0396. The molecule has 1 aromatic heterocycles.